The normalized spacial score (nSPS) is 20.2. The molecule has 1 N–H and O–H groups in total. The second-order valence-corrected chi connectivity index (χ2v) is 8.23. The molecule has 0 atom stereocenters. The minimum absolute atomic E-state index is 0.0875. The van der Waals surface area contributed by atoms with Crippen LogP contribution >= 0.6 is 11.6 Å². The highest BCUT2D eigenvalue weighted by atomic mass is 35.5. The number of pyridine rings is 1. The molecule has 1 spiro atoms. The van der Waals surface area contributed by atoms with Crippen LogP contribution in [0, 0.1) is 0 Å². The van der Waals surface area contributed by atoms with Crippen molar-refractivity contribution in [2.24, 2.45) is 0 Å². The van der Waals surface area contributed by atoms with Crippen molar-refractivity contribution in [1.82, 2.24) is 24.8 Å². The van der Waals surface area contributed by atoms with Crippen molar-refractivity contribution in [3.63, 3.8) is 0 Å². The topological polar surface area (TPSA) is 48.1 Å². The second-order valence-electron chi connectivity index (χ2n) is 7.82. The fraction of sp³-hybridized carbons (Fsp3) is 0.429. The molecule has 27 heavy (non-hydrogen) atoms. The van der Waals surface area contributed by atoms with E-state index in [1.165, 1.54) is 11.4 Å². The SMILES string of the molecule is CN1CCc2[nH]cnc2C12CCN(Cc1ccc3cccc(Cl)c3n1)CC2. The first-order valence-corrected chi connectivity index (χ1v) is 10.0. The summed E-state index contributed by atoms with van der Waals surface area (Å²) in [4.78, 5) is 17.9. The molecule has 0 unspecified atom stereocenters. The van der Waals surface area contributed by atoms with Crippen molar-refractivity contribution in [3.8, 4) is 0 Å². The molecule has 2 aromatic heterocycles. The highest BCUT2D eigenvalue weighted by Gasteiger charge is 2.44. The summed E-state index contributed by atoms with van der Waals surface area (Å²) in [6.45, 7) is 4.08. The number of aromatic amines is 1. The summed E-state index contributed by atoms with van der Waals surface area (Å²) in [5.41, 5.74) is 4.67. The predicted molar refractivity (Wildman–Crippen MR) is 108 cm³/mol. The van der Waals surface area contributed by atoms with Gasteiger partial charge in [-0.05, 0) is 32.0 Å². The first-order chi connectivity index (χ1) is 13.2. The van der Waals surface area contributed by atoms with Gasteiger partial charge in [0, 0.05) is 43.7 Å². The van der Waals surface area contributed by atoms with Crippen LogP contribution < -0.4 is 0 Å². The molecule has 0 amide bonds. The van der Waals surface area contributed by atoms with Crippen LogP contribution in [0.5, 0.6) is 0 Å². The molecule has 4 heterocycles. The third kappa shape index (κ3) is 2.85. The molecule has 0 saturated carbocycles. The minimum atomic E-state index is 0.0875. The van der Waals surface area contributed by atoms with E-state index in [4.69, 9.17) is 21.6 Å². The fourth-order valence-corrected chi connectivity index (χ4v) is 4.98. The number of nitrogens with one attached hydrogen (secondary N) is 1. The smallest absolute Gasteiger partial charge is 0.0926 e. The van der Waals surface area contributed by atoms with E-state index in [0.29, 0.717) is 0 Å². The molecule has 3 aromatic rings. The average molecular weight is 382 g/mol. The van der Waals surface area contributed by atoms with E-state index < -0.39 is 0 Å². The van der Waals surface area contributed by atoms with Gasteiger partial charge in [-0.25, -0.2) is 9.97 Å². The van der Waals surface area contributed by atoms with Crippen LogP contribution in [0.4, 0.5) is 0 Å². The summed E-state index contributed by atoms with van der Waals surface area (Å²) in [5.74, 6) is 0. The van der Waals surface area contributed by atoms with Crippen molar-refractivity contribution < 1.29 is 0 Å². The van der Waals surface area contributed by atoms with Gasteiger partial charge in [-0.15, -0.1) is 0 Å². The lowest BCUT2D eigenvalue weighted by atomic mass is 9.79. The lowest BCUT2D eigenvalue weighted by Crippen LogP contribution is -2.54. The number of H-pyrrole nitrogens is 1. The third-order valence-corrected chi connectivity index (χ3v) is 6.69. The number of halogens is 1. The Morgan fingerprint density at radius 1 is 1.15 bits per heavy atom. The van der Waals surface area contributed by atoms with Crippen LogP contribution in [-0.4, -0.2) is 51.4 Å². The Bertz CT molecular complexity index is 974. The molecule has 2 aliphatic heterocycles. The van der Waals surface area contributed by atoms with Gasteiger partial charge in [-0.2, -0.15) is 0 Å². The average Bonchev–Trinajstić information content (AvgIpc) is 3.17. The van der Waals surface area contributed by atoms with Gasteiger partial charge in [-0.1, -0.05) is 29.8 Å². The summed E-state index contributed by atoms with van der Waals surface area (Å²) < 4.78 is 0. The maximum Gasteiger partial charge on any atom is 0.0926 e. The molecule has 6 heteroatoms. The number of fused-ring (bicyclic) bond motifs is 3. The zero-order valence-corrected chi connectivity index (χ0v) is 16.3. The molecule has 0 aliphatic carbocycles. The lowest BCUT2D eigenvalue weighted by molar-refractivity contribution is 0.0218. The Balaban J connectivity index is 1.34. The Labute approximate surface area is 164 Å². The van der Waals surface area contributed by atoms with Crippen molar-refractivity contribution in [2.45, 2.75) is 31.3 Å². The highest BCUT2D eigenvalue weighted by Crippen LogP contribution is 2.41. The number of rotatable bonds is 2. The number of para-hydroxylation sites is 1. The van der Waals surface area contributed by atoms with Gasteiger partial charge in [-0.3, -0.25) is 9.80 Å². The summed E-state index contributed by atoms with van der Waals surface area (Å²) in [6.07, 6.45) is 5.14. The van der Waals surface area contributed by atoms with E-state index >= 15 is 0 Å². The second kappa shape index (κ2) is 6.59. The summed E-state index contributed by atoms with van der Waals surface area (Å²) >= 11 is 6.33. The number of likely N-dealkylation sites (tertiary alicyclic amines) is 1. The van der Waals surface area contributed by atoms with Crippen molar-refractivity contribution in [3.05, 3.63) is 58.8 Å². The summed E-state index contributed by atoms with van der Waals surface area (Å²) in [7, 11) is 2.25. The zero-order valence-electron chi connectivity index (χ0n) is 15.6. The Morgan fingerprint density at radius 2 is 2.00 bits per heavy atom. The van der Waals surface area contributed by atoms with Gasteiger partial charge >= 0.3 is 0 Å². The van der Waals surface area contributed by atoms with Crippen molar-refractivity contribution in [1.29, 1.82) is 0 Å². The number of likely N-dealkylation sites (N-methyl/N-ethyl adjacent to an activating group) is 1. The molecule has 2 aliphatic rings. The number of imidazole rings is 1. The van der Waals surface area contributed by atoms with Gasteiger partial charge in [0.15, 0.2) is 0 Å². The molecule has 5 nitrogen and oxygen atoms in total. The Hall–Kier alpha value is -1.95. The van der Waals surface area contributed by atoms with Crippen molar-refractivity contribution >= 4 is 22.5 Å². The molecular formula is C21H24ClN5. The van der Waals surface area contributed by atoms with Crippen LogP contribution in [0.2, 0.25) is 5.02 Å². The van der Waals surface area contributed by atoms with Crippen LogP contribution in [0.3, 0.4) is 0 Å². The maximum absolute atomic E-state index is 6.33. The van der Waals surface area contributed by atoms with Gasteiger partial charge in [0.05, 0.1) is 33.8 Å². The standard InChI is InChI=1S/C21H24ClN5/c1-26-10-7-18-20(24-14-23-18)21(26)8-11-27(12-9-21)13-16-6-5-15-3-2-4-17(22)19(15)25-16/h2-6,14H,7-13H2,1H3,(H,23,24). The van der Waals surface area contributed by atoms with E-state index in [1.54, 1.807) is 0 Å². The molecule has 1 fully saturated rings. The van der Waals surface area contributed by atoms with E-state index in [0.717, 1.165) is 67.1 Å². The van der Waals surface area contributed by atoms with E-state index in [1.807, 2.05) is 18.5 Å². The maximum atomic E-state index is 6.33. The van der Waals surface area contributed by atoms with Crippen LogP contribution in [-0.2, 0) is 18.5 Å². The highest BCUT2D eigenvalue weighted by molar-refractivity contribution is 6.35. The number of hydrogen-bond donors (Lipinski definition) is 1. The largest absolute Gasteiger partial charge is 0.348 e. The van der Waals surface area contributed by atoms with Gasteiger partial charge in [0.25, 0.3) is 0 Å². The monoisotopic (exact) mass is 381 g/mol. The molecule has 0 radical (unpaired) electrons. The molecular weight excluding hydrogens is 358 g/mol. The van der Waals surface area contributed by atoms with Gasteiger partial charge in [0.2, 0.25) is 0 Å². The number of aromatic nitrogens is 3. The minimum Gasteiger partial charge on any atom is -0.348 e. The van der Waals surface area contributed by atoms with E-state index in [-0.39, 0.29) is 5.54 Å². The van der Waals surface area contributed by atoms with Gasteiger partial charge in [0.1, 0.15) is 0 Å². The first kappa shape index (κ1) is 17.2. The molecule has 1 aromatic carbocycles. The molecule has 5 rings (SSSR count). The van der Waals surface area contributed by atoms with Crippen LogP contribution in [0.25, 0.3) is 10.9 Å². The summed E-state index contributed by atoms with van der Waals surface area (Å²) in [5, 5.41) is 1.82. The van der Waals surface area contributed by atoms with E-state index in [2.05, 4.69) is 40.0 Å². The third-order valence-electron chi connectivity index (χ3n) is 6.38. The number of piperidine rings is 1. The fourth-order valence-electron chi connectivity index (χ4n) is 4.75. The van der Waals surface area contributed by atoms with Gasteiger partial charge < -0.3 is 4.98 Å². The molecule has 0 bridgehead atoms. The lowest BCUT2D eigenvalue weighted by Gasteiger charge is -2.49. The Morgan fingerprint density at radius 3 is 2.85 bits per heavy atom. The van der Waals surface area contributed by atoms with Crippen LogP contribution in [0.1, 0.15) is 29.9 Å². The molecule has 140 valence electrons. The van der Waals surface area contributed by atoms with Crippen LogP contribution in [0.15, 0.2) is 36.7 Å². The number of nitrogens with zero attached hydrogens (tertiary/aromatic N) is 4. The summed E-state index contributed by atoms with van der Waals surface area (Å²) in [6, 6.07) is 10.2. The predicted octanol–water partition coefficient (Wildman–Crippen LogP) is 3.59. The first-order valence-electron chi connectivity index (χ1n) is 9.66. The molecule has 1 saturated heterocycles. The Kier molecular flexibility index (Phi) is 4.19. The number of hydrogen-bond acceptors (Lipinski definition) is 4. The quantitative estimate of drug-likeness (QED) is 0.737. The van der Waals surface area contributed by atoms with Crippen molar-refractivity contribution in [2.75, 3.05) is 26.7 Å². The zero-order chi connectivity index (χ0) is 18.4. The van der Waals surface area contributed by atoms with E-state index in [9.17, 15) is 0 Å². The number of benzene rings is 1.